The third-order valence-corrected chi connectivity index (χ3v) is 3.78. The standard InChI is InChI=1S/C19H21N5O2/c1-4-16-20-13(2)12-24(16)18-15(10-11-17(23-18)26-3)22-19(25)21-14-8-6-5-7-9-14/h5-12H,4H2,1-3H3,(H2,21,22,25). The van der Waals surface area contributed by atoms with Gasteiger partial charge in [-0.05, 0) is 25.1 Å². The van der Waals surface area contributed by atoms with Crippen LogP contribution < -0.4 is 15.4 Å². The Morgan fingerprint density at radius 3 is 2.58 bits per heavy atom. The van der Waals surface area contributed by atoms with E-state index in [0.29, 0.717) is 23.1 Å². The number of carbonyl (C=O) groups excluding carboxylic acids is 1. The lowest BCUT2D eigenvalue weighted by Gasteiger charge is -2.14. The molecule has 2 N–H and O–H groups in total. The molecular formula is C19H21N5O2. The molecule has 7 heteroatoms. The Labute approximate surface area is 152 Å². The van der Waals surface area contributed by atoms with E-state index in [9.17, 15) is 4.79 Å². The topological polar surface area (TPSA) is 81.1 Å². The Morgan fingerprint density at radius 1 is 1.12 bits per heavy atom. The lowest BCUT2D eigenvalue weighted by Crippen LogP contribution is -2.21. The Balaban J connectivity index is 1.92. The summed E-state index contributed by atoms with van der Waals surface area (Å²) in [5.74, 6) is 1.88. The van der Waals surface area contributed by atoms with Crippen LogP contribution in [0.2, 0.25) is 0 Å². The Bertz CT molecular complexity index is 906. The maximum atomic E-state index is 12.4. The normalized spacial score (nSPS) is 10.4. The van der Waals surface area contributed by atoms with E-state index in [0.717, 1.165) is 17.9 Å². The van der Waals surface area contributed by atoms with Crippen LogP contribution in [0.1, 0.15) is 18.4 Å². The molecule has 2 heterocycles. The second-order valence-corrected chi connectivity index (χ2v) is 5.69. The predicted molar refractivity (Wildman–Crippen MR) is 101 cm³/mol. The van der Waals surface area contributed by atoms with Crippen molar-refractivity contribution in [1.29, 1.82) is 0 Å². The average Bonchev–Trinajstić information content (AvgIpc) is 3.03. The molecule has 134 valence electrons. The van der Waals surface area contributed by atoms with Crippen LogP contribution >= 0.6 is 0 Å². The summed E-state index contributed by atoms with van der Waals surface area (Å²) in [6.45, 7) is 3.94. The van der Waals surface area contributed by atoms with Crippen molar-refractivity contribution in [3.8, 4) is 11.7 Å². The predicted octanol–water partition coefficient (Wildman–Crippen LogP) is 3.79. The van der Waals surface area contributed by atoms with Gasteiger partial charge in [-0.1, -0.05) is 25.1 Å². The number of imidazole rings is 1. The summed E-state index contributed by atoms with van der Waals surface area (Å²) in [7, 11) is 1.56. The van der Waals surface area contributed by atoms with Crippen LogP contribution in [0.15, 0.2) is 48.7 Å². The molecule has 0 spiro atoms. The first-order chi connectivity index (χ1) is 12.6. The molecule has 3 rings (SSSR count). The largest absolute Gasteiger partial charge is 0.481 e. The first-order valence-electron chi connectivity index (χ1n) is 8.34. The fourth-order valence-electron chi connectivity index (χ4n) is 2.61. The molecule has 3 aromatic rings. The zero-order chi connectivity index (χ0) is 18.5. The lowest BCUT2D eigenvalue weighted by molar-refractivity contribution is 0.262. The van der Waals surface area contributed by atoms with Gasteiger partial charge in [-0.2, -0.15) is 4.98 Å². The number of nitrogens with one attached hydrogen (secondary N) is 2. The minimum atomic E-state index is -0.348. The number of pyridine rings is 1. The molecule has 2 amide bonds. The number of ether oxygens (including phenoxy) is 1. The molecule has 0 aliphatic heterocycles. The van der Waals surface area contributed by atoms with Crippen molar-refractivity contribution in [3.05, 3.63) is 60.2 Å². The van der Waals surface area contributed by atoms with Crippen LogP contribution in [0.5, 0.6) is 5.88 Å². The SMILES string of the molecule is CCc1nc(C)cn1-c1nc(OC)ccc1NC(=O)Nc1ccccc1. The summed E-state index contributed by atoms with van der Waals surface area (Å²) < 4.78 is 7.11. The molecule has 1 aromatic carbocycles. The number of nitrogens with zero attached hydrogens (tertiary/aromatic N) is 3. The number of methoxy groups -OCH3 is 1. The second-order valence-electron chi connectivity index (χ2n) is 5.69. The van der Waals surface area contributed by atoms with Gasteiger partial charge in [-0.25, -0.2) is 9.78 Å². The van der Waals surface area contributed by atoms with Crippen LogP contribution in [0.3, 0.4) is 0 Å². The molecule has 0 saturated carbocycles. The number of rotatable bonds is 5. The van der Waals surface area contributed by atoms with Crippen molar-refractivity contribution in [1.82, 2.24) is 14.5 Å². The second kappa shape index (κ2) is 7.69. The highest BCUT2D eigenvalue weighted by Crippen LogP contribution is 2.24. The van der Waals surface area contributed by atoms with Gasteiger partial charge in [-0.15, -0.1) is 0 Å². The summed E-state index contributed by atoms with van der Waals surface area (Å²) in [6.07, 6.45) is 2.63. The molecule has 0 atom stereocenters. The van der Waals surface area contributed by atoms with Crippen molar-refractivity contribution < 1.29 is 9.53 Å². The molecule has 7 nitrogen and oxygen atoms in total. The third kappa shape index (κ3) is 3.83. The minimum Gasteiger partial charge on any atom is -0.481 e. The van der Waals surface area contributed by atoms with Crippen molar-refractivity contribution in [2.24, 2.45) is 0 Å². The summed E-state index contributed by atoms with van der Waals surface area (Å²) in [4.78, 5) is 21.4. The van der Waals surface area contributed by atoms with Crippen molar-refractivity contribution in [2.45, 2.75) is 20.3 Å². The van der Waals surface area contributed by atoms with Gasteiger partial charge in [0.25, 0.3) is 0 Å². The number of para-hydroxylation sites is 1. The maximum absolute atomic E-state index is 12.4. The highest BCUT2D eigenvalue weighted by Gasteiger charge is 2.15. The maximum Gasteiger partial charge on any atom is 0.323 e. The minimum absolute atomic E-state index is 0.348. The first kappa shape index (κ1) is 17.5. The number of hydrogen-bond donors (Lipinski definition) is 2. The van der Waals surface area contributed by atoms with Crippen LogP contribution in [0.25, 0.3) is 5.82 Å². The van der Waals surface area contributed by atoms with E-state index in [4.69, 9.17) is 4.74 Å². The number of anilines is 2. The van der Waals surface area contributed by atoms with E-state index in [1.54, 1.807) is 19.2 Å². The number of benzene rings is 1. The molecule has 0 saturated heterocycles. The molecule has 26 heavy (non-hydrogen) atoms. The quantitative estimate of drug-likeness (QED) is 0.733. The molecule has 0 aliphatic carbocycles. The molecule has 0 fully saturated rings. The Morgan fingerprint density at radius 2 is 1.88 bits per heavy atom. The van der Waals surface area contributed by atoms with Gasteiger partial charge in [0.15, 0.2) is 5.82 Å². The molecule has 0 radical (unpaired) electrons. The zero-order valence-electron chi connectivity index (χ0n) is 15.0. The number of aromatic nitrogens is 3. The highest BCUT2D eigenvalue weighted by molar-refractivity contribution is 6.00. The Kier molecular flexibility index (Phi) is 5.17. The van der Waals surface area contributed by atoms with Crippen molar-refractivity contribution in [2.75, 3.05) is 17.7 Å². The van der Waals surface area contributed by atoms with E-state index < -0.39 is 0 Å². The molecule has 2 aromatic heterocycles. The van der Waals surface area contributed by atoms with Crippen molar-refractivity contribution >= 4 is 17.4 Å². The zero-order valence-corrected chi connectivity index (χ0v) is 15.0. The number of hydrogen-bond acceptors (Lipinski definition) is 4. The summed E-state index contributed by atoms with van der Waals surface area (Å²) in [5.41, 5.74) is 2.15. The number of aryl methyl sites for hydroxylation is 2. The summed E-state index contributed by atoms with van der Waals surface area (Å²) >= 11 is 0. The van der Waals surface area contributed by atoms with E-state index in [1.807, 2.05) is 54.9 Å². The summed E-state index contributed by atoms with van der Waals surface area (Å²) in [6, 6.07) is 12.4. The van der Waals surface area contributed by atoms with Crippen LogP contribution in [-0.2, 0) is 6.42 Å². The molecule has 0 bridgehead atoms. The smallest absolute Gasteiger partial charge is 0.323 e. The van der Waals surface area contributed by atoms with Crippen LogP contribution in [-0.4, -0.2) is 27.7 Å². The number of urea groups is 1. The Hall–Kier alpha value is -3.35. The highest BCUT2D eigenvalue weighted by atomic mass is 16.5. The first-order valence-corrected chi connectivity index (χ1v) is 8.34. The fraction of sp³-hybridized carbons (Fsp3) is 0.211. The number of amides is 2. The molecule has 0 aliphatic rings. The fourth-order valence-corrected chi connectivity index (χ4v) is 2.61. The molecular weight excluding hydrogens is 330 g/mol. The van der Waals surface area contributed by atoms with Gasteiger partial charge < -0.3 is 15.4 Å². The van der Waals surface area contributed by atoms with Crippen molar-refractivity contribution in [3.63, 3.8) is 0 Å². The van der Waals surface area contributed by atoms with Gasteiger partial charge in [-0.3, -0.25) is 4.57 Å². The van der Waals surface area contributed by atoms with Gasteiger partial charge in [0.2, 0.25) is 5.88 Å². The van der Waals surface area contributed by atoms with E-state index in [2.05, 4.69) is 20.6 Å². The van der Waals surface area contributed by atoms with E-state index in [-0.39, 0.29) is 6.03 Å². The van der Waals surface area contributed by atoms with Gasteiger partial charge >= 0.3 is 6.03 Å². The van der Waals surface area contributed by atoms with Gasteiger partial charge in [0.1, 0.15) is 5.82 Å². The number of carbonyl (C=O) groups is 1. The van der Waals surface area contributed by atoms with E-state index >= 15 is 0 Å². The van der Waals surface area contributed by atoms with Crippen LogP contribution in [0.4, 0.5) is 16.2 Å². The lowest BCUT2D eigenvalue weighted by atomic mass is 10.3. The third-order valence-electron chi connectivity index (χ3n) is 3.78. The monoisotopic (exact) mass is 351 g/mol. The van der Waals surface area contributed by atoms with Crippen LogP contribution in [0, 0.1) is 6.92 Å². The average molecular weight is 351 g/mol. The van der Waals surface area contributed by atoms with Gasteiger partial charge in [0, 0.05) is 24.4 Å². The summed E-state index contributed by atoms with van der Waals surface area (Å²) in [5, 5.41) is 5.65. The molecule has 0 unspecified atom stereocenters. The van der Waals surface area contributed by atoms with Gasteiger partial charge in [0.05, 0.1) is 18.5 Å². The van der Waals surface area contributed by atoms with E-state index in [1.165, 1.54) is 0 Å².